The standard InChI is InChI=1S/C15H11F2N5O2/c1-21-5-4-11(20-21)22-7-9-3-2-8(6-10(9)15(22)23)13-18-19-14(24-13)12(16)17/h2-6,12H,7H2,1H3. The molecule has 1 aromatic carbocycles. The second-order valence-electron chi connectivity index (χ2n) is 5.36. The first-order chi connectivity index (χ1) is 11.5. The van der Waals surface area contributed by atoms with Gasteiger partial charge in [0.1, 0.15) is 0 Å². The highest BCUT2D eigenvalue weighted by atomic mass is 19.3. The lowest BCUT2D eigenvalue weighted by Gasteiger charge is -2.11. The summed E-state index contributed by atoms with van der Waals surface area (Å²) in [6, 6.07) is 6.73. The molecule has 2 aromatic heterocycles. The lowest BCUT2D eigenvalue weighted by atomic mass is 10.1. The van der Waals surface area contributed by atoms with Gasteiger partial charge in [-0.05, 0) is 17.7 Å². The molecule has 0 unspecified atom stereocenters. The zero-order valence-corrected chi connectivity index (χ0v) is 12.5. The van der Waals surface area contributed by atoms with Crippen LogP contribution in [0.5, 0.6) is 0 Å². The maximum atomic E-state index is 12.6. The van der Waals surface area contributed by atoms with Crippen molar-refractivity contribution >= 4 is 11.7 Å². The Hall–Kier alpha value is -3.10. The molecule has 0 fully saturated rings. The Balaban J connectivity index is 1.68. The monoisotopic (exact) mass is 331 g/mol. The fraction of sp³-hybridized carbons (Fsp3) is 0.200. The van der Waals surface area contributed by atoms with Crippen molar-refractivity contribution in [2.45, 2.75) is 13.0 Å². The van der Waals surface area contributed by atoms with Crippen molar-refractivity contribution in [2.24, 2.45) is 7.05 Å². The van der Waals surface area contributed by atoms with E-state index in [1.54, 1.807) is 47.1 Å². The predicted molar refractivity (Wildman–Crippen MR) is 78.4 cm³/mol. The number of rotatable bonds is 3. The van der Waals surface area contributed by atoms with Gasteiger partial charge in [0.15, 0.2) is 5.82 Å². The summed E-state index contributed by atoms with van der Waals surface area (Å²) in [7, 11) is 1.77. The van der Waals surface area contributed by atoms with Crippen LogP contribution in [-0.4, -0.2) is 25.9 Å². The Bertz CT molecular complexity index is 934. The number of carbonyl (C=O) groups is 1. The summed E-state index contributed by atoms with van der Waals surface area (Å²) in [5, 5.41) is 11.1. The van der Waals surface area contributed by atoms with Gasteiger partial charge in [0, 0.05) is 30.4 Å². The fourth-order valence-electron chi connectivity index (χ4n) is 2.61. The number of benzene rings is 1. The molecule has 4 rings (SSSR count). The molecule has 0 saturated heterocycles. The second-order valence-corrected chi connectivity index (χ2v) is 5.36. The van der Waals surface area contributed by atoms with Crippen molar-refractivity contribution in [3.8, 4) is 11.5 Å². The number of nitrogens with zero attached hydrogens (tertiary/aromatic N) is 5. The number of hydrogen-bond acceptors (Lipinski definition) is 5. The van der Waals surface area contributed by atoms with Gasteiger partial charge < -0.3 is 4.42 Å². The molecule has 0 radical (unpaired) electrons. The third-order valence-electron chi connectivity index (χ3n) is 3.76. The zero-order chi connectivity index (χ0) is 16.8. The van der Waals surface area contributed by atoms with Crippen LogP contribution in [0.3, 0.4) is 0 Å². The van der Waals surface area contributed by atoms with Crippen molar-refractivity contribution in [2.75, 3.05) is 4.90 Å². The molecule has 1 aliphatic rings. The number of amides is 1. The number of hydrogen-bond donors (Lipinski definition) is 0. The van der Waals surface area contributed by atoms with E-state index in [4.69, 9.17) is 4.42 Å². The van der Waals surface area contributed by atoms with Crippen molar-refractivity contribution in [1.29, 1.82) is 0 Å². The summed E-state index contributed by atoms with van der Waals surface area (Å²) in [6.45, 7) is 0.400. The van der Waals surface area contributed by atoms with Crippen LogP contribution >= 0.6 is 0 Å². The van der Waals surface area contributed by atoms with Crippen LogP contribution in [0, 0.1) is 0 Å². The average molecular weight is 331 g/mol. The molecular weight excluding hydrogens is 320 g/mol. The van der Waals surface area contributed by atoms with Gasteiger partial charge in [-0.25, -0.2) is 0 Å². The van der Waals surface area contributed by atoms with Gasteiger partial charge in [-0.2, -0.15) is 13.9 Å². The van der Waals surface area contributed by atoms with E-state index >= 15 is 0 Å². The molecule has 7 nitrogen and oxygen atoms in total. The summed E-state index contributed by atoms with van der Waals surface area (Å²) >= 11 is 0. The van der Waals surface area contributed by atoms with E-state index in [1.807, 2.05) is 0 Å². The summed E-state index contributed by atoms with van der Waals surface area (Å²) in [6.07, 6.45) is -1.08. The van der Waals surface area contributed by atoms with E-state index in [0.717, 1.165) is 5.56 Å². The molecule has 24 heavy (non-hydrogen) atoms. The molecule has 9 heteroatoms. The van der Waals surface area contributed by atoms with Crippen LogP contribution < -0.4 is 4.90 Å². The summed E-state index contributed by atoms with van der Waals surface area (Å²) < 4.78 is 31.6. The van der Waals surface area contributed by atoms with E-state index in [-0.39, 0.29) is 11.8 Å². The first kappa shape index (κ1) is 14.5. The van der Waals surface area contributed by atoms with Crippen molar-refractivity contribution in [1.82, 2.24) is 20.0 Å². The first-order valence-corrected chi connectivity index (χ1v) is 7.09. The lowest BCUT2D eigenvalue weighted by Crippen LogP contribution is -2.23. The summed E-state index contributed by atoms with van der Waals surface area (Å²) in [5.74, 6) is -0.443. The normalized spacial score (nSPS) is 13.8. The van der Waals surface area contributed by atoms with Crippen LogP contribution in [0.15, 0.2) is 34.9 Å². The third kappa shape index (κ3) is 2.25. The number of fused-ring (bicyclic) bond motifs is 1. The number of carbonyl (C=O) groups excluding carboxylic acids is 1. The fourth-order valence-corrected chi connectivity index (χ4v) is 2.61. The Labute approximate surface area is 134 Å². The minimum absolute atomic E-state index is 0.0443. The minimum atomic E-state index is -2.83. The second kappa shape index (κ2) is 5.22. The van der Waals surface area contributed by atoms with Gasteiger partial charge in [0.05, 0.1) is 6.54 Å². The molecule has 0 spiro atoms. The third-order valence-corrected chi connectivity index (χ3v) is 3.76. The largest absolute Gasteiger partial charge is 0.415 e. The molecule has 0 saturated carbocycles. The molecule has 1 aliphatic heterocycles. The molecule has 1 amide bonds. The van der Waals surface area contributed by atoms with Gasteiger partial charge in [0.2, 0.25) is 5.89 Å². The number of aryl methyl sites for hydroxylation is 1. The maximum Gasteiger partial charge on any atom is 0.314 e. The van der Waals surface area contributed by atoms with Gasteiger partial charge in [-0.1, -0.05) is 6.07 Å². The van der Waals surface area contributed by atoms with E-state index in [1.165, 1.54) is 0 Å². The van der Waals surface area contributed by atoms with E-state index in [0.29, 0.717) is 23.5 Å². The molecule has 0 aliphatic carbocycles. The van der Waals surface area contributed by atoms with Crippen molar-refractivity contribution in [3.05, 3.63) is 47.5 Å². The summed E-state index contributed by atoms with van der Waals surface area (Å²) in [4.78, 5) is 14.1. The predicted octanol–water partition coefficient (Wildman–Crippen LogP) is 2.57. The number of anilines is 1. The highest BCUT2D eigenvalue weighted by Gasteiger charge is 2.30. The molecule has 122 valence electrons. The Kier molecular flexibility index (Phi) is 3.15. The SMILES string of the molecule is Cn1ccc(N2Cc3ccc(-c4nnc(C(F)F)o4)cc3C2=O)n1. The lowest BCUT2D eigenvalue weighted by molar-refractivity contribution is 0.0995. The number of alkyl halides is 2. The average Bonchev–Trinajstić information content (AvgIpc) is 3.26. The Morgan fingerprint density at radius 3 is 2.75 bits per heavy atom. The van der Waals surface area contributed by atoms with Crippen molar-refractivity contribution < 1.29 is 18.0 Å². The molecule has 3 aromatic rings. The molecule has 0 bridgehead atoms. The van der Waals surface area contributed by atoms with Crippen LogP contribution in [0.2, 0.25) is 0 Å². The van der Waals surface area contributed by atoms with Crippen LogP contribution in [0.4, 0.5) is 14.6 Å². The smallest absolute Gasteiger partial charge is 0.314 e. The van der Waals surface area contributed by atoms with Crippen LogP contribution in [0.25, 0.3) is 11.5 Å². The maximum absolute atomic E-state index is 12.6. The van der Waals surface area contributed by atoms with Crippen molar-refractivity contribution in [3.63, 3.8) is 0 Å². The van der Waals surface area contributed by atoms with Gasteiger partial charge in [-0.15, -0.1) is 10.2 Å². The van der Waals surface area contributed by atoms with Gasteiger partial charge in [-0.3, -0.25) is 14.4 Å². The first-order valence-electron chi connectivity index (χ1n) is 7.09. The number of halogens is 2. The minimum Gasteiger partial charge on any atom is -0.415 e. The van der Waals surface area contributed by atoms with E-state index in [2.05, 4.69) is 15.3 Å². The van der Waals surface area contributed by atoms with E-state index in [9.17, 15) is 13.6 Å². The highest BCUT2D eigenvalue weighted by Crippen LogP contribution is 2.31. The Morgan fingerprint density at radius 1 is 1.25 bits per heavy atom. The molecule has 0 atom stereocenters. The molecule has 3 heterocycles. The Morgan fingerprint density at radius 2 is 2.08 bits per heavy atom. The van der Waals surface area contributed by atoms with Crippen LogP contribution in [0.1, 0.15) is 28.2 Å². The quantitative estimate of drug-likeness (QED) is 0.737. The zero-order valence-electron chi connectivity index (χ0n) is 12.5. The van der Waals surface area contributed by atoms with Gasteiger partial charge in [0.25, 0.3) is 11.8 Å². The number of aromatic nitrogens is 4. The highest BCUT2D eigenvalue weighted by molar-refractivity contribution is 6.10. The molecular formula is C15H11F2N5O2. The van der Waals surface area contributed by atoms with E-state index < -0.39 is 12.3 Å². The topological polar surface area (TPSA) is 77.0 Å². The molecule has 0 N–H and O–H groups in total. The summed E-state index contributed by atoms with van der Waals surface area (Å²) in [5.41, 5.74) is 1.71. The van der Waals surface area contributed by atoms with Crippen LogP contribution in [-0.2, 0) is 13.6 Å². The van der Waals surface area contributed by atoms with Gasteiger partial charge >= 0.3 is 6.43 Å².